The third-order valence-electron chi connectivity index (χ3n) is 2.51. The Morgan fingerprint density at radius 1 is 1.56 bits per heavy atom. The van der Waals surface area contributed by atoms with Gasteiger partial charge in [-0.25, -0.2) is 4.98 Å². The van der Waals surface area contributed by atoms with Gasteiger partial charge in [-0.15, -0.1) is 17.9 Å². The number of hydrogen-bond acceptors (Lipinski definition) is 5. The van der Waals surface area contributed by atoms with E-state index < -0.39 is 0 Å². The van der Waals surface area contributed by atoms with Crippen LogP contribution in [0.1, 0.15) is 5.69 Å². The monoisotopic (exact) mass is 264 g/mol. The SMILES string of the molecule is C=CCN(CCO)Cc1csc(-c2ccoc2)n1. The lowest BCUT2D eigenvalue weighted by Gasteiger charge is -2.17. The van der Waals surface area contributed by atoms with Crippen molar-refractivity contribution in [2.75, 3.05) is 19.7 Å². The Hall–Kier alpha value is -1.43. The van der Waals surface area contributed by atoms with Crippen LogP contribution in [0.4, 0.5) is 0 Å². The zero-order chi connectivity index (χ0) is 12.8. The highest BCUT2D eigenvalue weighted by atomic mass is 32.1. The molecule has 0 spiro atoms. The number of rotatable bonds is 7. The van der Waals surface area contributed by atoms with Crippen molar-refractivity contribution in [3.05, 3.63) is 42.3 Å². The Morgan fingerprint density at radius 3 is 3.11 bits per heavy atom. The Bertz CT molecular complexity index is 479. The largest absolute Gasteiger partial charge is 0.472 e. The lowest BCUT2D eigenvalue weighted by Crippen LogP contribution is -2.26. The Morgan fingerprint density at radius 2 is 2.44 bits per heavy atom. The molecule has 0 aliphatic heterocycles. The summed E-state index contributed by atoms with van der Waals surface area (Å²) in [7, 11) is 0. The number of hydrogen-bond donors (Lipinski definition) is 1. The smallest absolute Gasteiger partial charge is 0.126 e. The minimum atomic E-state index is 0.145. The summed E-state index contributed by atoms with van der Waals surface area (Å²) >= 11 is 1.60. The van der Waals surface area contributed by atoms with E-state index in [9.17, 15) is 0 Å². The van der Waals surface area contributed by atoms with Crippen molar-refractivity contribution in [1.29, 1.82) is 0 Å². The van der Waals surface area contributed by atoms with Crippen molar-refractivity contribution in [3.8, 4) is 10.6 Å². The lowest BCUT2D eigenvalue weighted by molar-refractivity contribution is 0.202. The van der Waals surface area contributed by atoms with E-state index >= 15 is 0 Å². The van der Waals surface area contributed by atoms with E-state index in [1.54, 1.807) is 23.9 Å². The summed E-state index contributed by atoms with van der Waals surface area (Å²) < 4.78 is 5.05. The van der Waals surface area contributed by atoms with Crippen LogP contribution < -0.4 is 0 Å². The van der Waals surface area contributed by atoms with E-state index in [4.69, 9.17) is 9.52 Å². The molecule has 1 N–H and O–H groups in total. The molecule has 0 radical (unpaired) electrons. The predicted octanol–water partition coefficient (Wildman–Crippen LogP) is 2.38. The molecular weight excluding hydrogens is 248 g/mol. The van der Waals surface area contributed by atoms with Gasteiger partial charge < -0.3 is 9.52 Å². The maximum absolute atomic E-state index is 8.99. The zero-order valence-electron chi connectivity index (χ0n) is 10.1. The van der Waals surface area contributed by atoms with E-state index in [0.717, 1.165) is 29.4 Å². The minimum Gasteiger partial charge on any atom is -0.472 e. The molecule has 96 valence electrons. The highest BCUT2D eigenvalue weighted by molar-refractivity contribution is 7.13. The van der Waals surface area contributed by atoms with Crippen molar-refractivity contribution in [1.82, 2.24) is 9.88 Å². The normalized spacial score (nSPS) is 11.0. The summed E-state index contributed by atoms with van der Waals surface area (Å²) in [6.45, 7) is 5.96. The average Bonchev–Trinajstić information content (AvgIpc) is 2.98. The first-order chi connectivity index (χ1) is 8.83. The molecule has 5 heteroatoms. The van der Waals surface area contributed by atoms with E-state index in [2.05, 4.69) is 16.5 Å². The highest BCUT2D eigenvalue weighted by Gasteiger charge is 2.09. The fraction of sp³-hybridized carbons (Fsp3) is 0.308. The fourth-order valence-corrected chi connectivity index (χ4v) is 2.48. The van der Waals surface area contributed by atoms with Gasteiger partial charge in [0, 0.05) is 30.6 Å². The zero-order valence-corrected chi connectivity index (χ0v) is 10.9. The minimum absolute atomic E-state index is 0.145. The predicted molar refractivity (Wildman–Crippen MR) is 72.4 cm³/mol. The second-order valence-electron chi connectivity index (χ2n) is 3.90. The molecule has 0 fully saturated rings. The van der Waals surface area contributed by atoms with E-state index in [1.807, 2.05) is 17.5 Å². The van der Waals surface area contributed by atoms with Gasteiger partial charge in [-0.05, 0) is 6.07 Å². The van der Waals surface area contributed by atoms with Crippen molar-refractivity contribution >= 4 is 11.3 Å². The third-order valence-corrected chi connectivity index (χ3v) is 3.45. The highest BCUT2D eigenvalue weighted by Crippen LogP contribution is 2.24. The van der Waals surface area contributed by atoms with E-state index in [1.165, 1.54) is 0 Å². The quantitative estimate of drug-likeness (QED) is 0.780. The third kappa shape index (κ3) is 3.29. The second-order valence-corrected chi connectivity index (χ2v) is 4.76. The molecule has 2 aromatic heterocycles. The van der Waals surface area contributed by atoms with Crippen molar-refractivity contribution in [2.24, 2.45) is 0 Å². The molecule has 0 aliphatic carbocycles. The van der Waals surface area contributed by atoms with Gasteiger partial charge in [0.2, 0.25) is 0 Å². The van der Waals surface area contributed by atoms with Gasteiger partial charge >= 0.3 is 0 Å². The Kier molecular flexibility index (Phi) is 4.69. The van der Waals surface area contributed by atoms with Crippen LogP contribution in [0, 0.1) is 0 Å². The molecule has 0 unspecified atom stereocenters. The van der Waals surface area contributed by atoms with Gasteiger partial charge in [0.05, 0.1) is 18.6 Å². The molecule has 0 saturated carbocycles. The number of furan rings is 1. The van der Waals surface area contributed by atoms with Crippen LogP contribution in [0.15, 0.2) is 41.0 Å². The Balaban J connectivity index is 2.03. The molecule has 0 saturated heterocycles. The van der Waals surface area contributed by atoms with Crippen molar-refractivity contribution < 1.29 is 9.52 Å². The number of nitrogens with zero attached hydrogens (tertiary/aromatic N) is 2. The van der Waals surface area contributed by atoms with Crippen LogP contribution in [0.3, 0.4) is 0 Å². The lowest BCUT2D eigenvalue weighted by atomic mass is 10.3. The molecule has 4 nitrogen and oxygen atoms in total. The maximum atomic E-state index is 8.99. The summed E-state index contributed by atoms with van der Waals surface area (Å²) in [6, 6.07) is 1.90. The molecule has 0 aromatic carbocycles. The fourth-order valence-electron chi connectivity index (χ4n) is 1.69. The maximum Gasteiger partial charge on any atom is 0.126 e. The molecule has 0 amide bonds. The molecule has 0 bridgehead atoms. The molecule has 0 atom stereocenters. The number of thiazole rings is 1. The van der Waals surface area contributed by atoms with Gasteiger partial charge in [-0.2, -0.15) is 0 Å². The molecule has 0 aliphatic rings. The molecule has 2 rings (SSSR count). The van der Waals surface area contributed by atoms with Crippen LogP contribution in [-0.4, -0.2) is 34.7 Å². The van der Waals surface area contributed by atoms with Crippen molar-refractivity contribution in [2.45, 2.75) is 6.54 Å². The van der Waals surface area contributed by atoms with Crippen LogP contribution in [-0.2, 0) is 6.54 Å². The summed E-state index contributed by atoms with van der Waals surface area (Å²) in [6.07, 6.45) is 5.17. The summed E-state index contributed by atoms with van der Waals surface area (Å²) in [5, 5.41) is 12.0. The molecule has 18 heavy (non-hydrogen) atoms. The average molecular weight is 264 g/mol. The number of aromatic nitrogens is 1. The van der Waals surface area contributed by atoms with Gasteiger partial charge in [0.1, 0.15) is 11.3 Å². The van der Waals surface area contributed by atoms with Gasteiger partial charge in [0.25, 0.3) is 0 Å². The van der Waals surface area contributed by atoms with Gasteiger partial charge in [0.15, 0.2) is 0 Å². The van der Waals surface area contributed by atoms with E-state index in [0.29, 0.717) is 6.54 Å². The standard InChI is InChI=1S/C13H16N2O2S/c1-2-4-15(5-6-16)8-12-10-18-13(14-12)11-3-7-17-9-11/h2-3,7,9-10,16H,1,4-6,8H2. The summed E-state index contributed by atoms with van der Waals surface area (Å²) in [5.41, 5.74) is 2.01. The van der Waals surface area contributed by atoms with Crippen LogP contribution >= 0.6 is 11.3 Å². The van der Waals surface area contributed by atoms with Crippen LogP contribution in [0.2, 0.25) is 0 Å². The van der Waals surface area contributed by atoms with Crippen LogP contribution in [0.25, 0.3) is 10.6 Å². The number of aliphatic hydroxyl groups excluding tert-OH is 1. The topological polar surface area (TPSA) is 49.5 Å². The Labute approximate surface area is 110 Å². The molecule has 2 aromatic rings. The summed E-state index contributed by atoms with van der Waals surface area (Å²) in [4.78, 5) is 6.66. The molecule has 2 heterocycles. The summed E-state index contributed by atoms with van der Waals surface area (Å²) in [5.74, 6) is 0. The first-order valence-electron chi connectivity index (χ1n) is 5.74. The van der Waals surface area contributed by atoms with Gasteiger partial charge in [-0.1, -0.05) is 6.08 Å². The first-order valence-corrected chi connectivity index (χ1v) is 6.62. The van der Waals surface area contributed by atoms with Crippen LogP contribution in [0.5, 0.6) is 0 Å². The van der Waals surface area contributed by atoms with Crippen molar-refractivity contribution in [3.63, 3.8) is 0 Å². The number of aliphatic hydroxyl groups is 1. The second kappa shape index (κ2) is 6.49. The first kappa shape index (κ1) is 13.0. The molecular formula is C13H16N2O2S. The van der Waals surface area contributed by atoms with E-state index in [-0.39, 0.29) is 6.61 Å². The van der Waals surface area contributed by atoms with Gasteiger partial charge in [-0.3, -0.25) is 4.90 Å².